The predicted octanol–water partition coefficient (Wildman–Crippen LogP) is 8.68. The van der Waals surface area contributed by atoms with Gasteiger partial charge >= 0.3 is 0 Å². The van der Waals surface area contributed by atoms with Crippen LogP contribution < -0.4 is 0 Å². The normalized spacial score (nSPS) is 13.5. The molecule has 2 unspecified atom stereocenters. The molecule has 0 saturated carbocycles. The van der Waals surface area contributed by atoms with Gasteiger partial charge < -0.3 is 9.47 Å². The Kier molecular flexibility index (Phi) is 17.3. The van der Waals surface area contributed by atoms with Crippen LogP contribution >= 0.6 is 0 Å². The average Bonchev–Trinajstić information content (AvgIpc) is 2.76. The largest absolute Gasteiger partial charge is 0.352 e. The van der Waals surface area contributed by atoms with E-state index in [9.17, 15) is 0 Å². The van der Waals surface area contributed by atoms with Crippen LogP contribution in [0.2, 0.25) is 0 Å². The van der Waals surface area contributed by atoms with Crippen molar-refractivity contribution in [1.29, 1.82) is 0 Å². The predicted molar refractivity (Wildman–Crippen MR) is 126 cm³/mol. The van der Waals surface area contributed by atoms with Crippen LogP contribution in [0.4, 0.5) is 0 Å². The Morgan fingerprint density at radius 2 is 1.28 bits per heavy atom. The first-order chi connectivity index (χ1) is 14.3. The zero-order valence-corrected chi connectivity index (χ0v) is 19.7. The number of ether oxygens (including phenoxy) is 2. The second kappa shape index (κ2) is 19.1. The molecule has 0 bridgehead atoms. The number of unbranched alkanes of at least 4 members (excludes halogenated alkanes) is 9. The quantitative estimate of drug-likeness (QED) is 0.160. The lowest BCUT2D eigenvalue weighted by molar-refractivity contribution is -0.161. The number of benzene rings is 1. The highest BCUT2D eigenvalue weighted by molar-refractivity contribution is 5.13. The topological polar surface area (TPSA) is 18.5 Å². The Bertz CT molecular complexity index is 445. The molecule has 1 aromatic rings. The van der Waals surface area contributed by atoms with Crippen molar-refractivity contribution in [2.75, 3.05) is 6.61 Å². The van der Waals surface area contributed by atoms with Crippen molar-refractivity contribution in [3.05, 3.63) is 35.9 Å². The van der Waals surface area contributed by atoms with E-state index in [-0.39, 0.29) is 6.29 Å². The smallest absolute Gasteiger partial charge is 0.158 e. The fourth-order valence-electron chi connectivity index (χ4n) is 3.74. The molecule has 0 heterocycles. The van der Waals surface area contributed by atoms with Gasteiger partial charge in [-0.1, -0.05) is 122 Å². The van der Waals surface area contributed by atoms with Crippen molar-refractivity contribution >= 4 is 0 Å². The van der Waals surface area contributed by atoms with Crippen molar-refractivity contribution < 1.29 is 9.47 Å². The van der Waals surface area contributed by atoms with Gasteiger partial charge in [0.2, 0.25) is 0 Å². The minimum Gasteiger partial charge on any atom is -0.352 e. The SMILES string of the molecule is CCCCCCCCCCCC(OCc1ccccc1)OCC(CC)CCCC. The monoisotopic (exact) mass is 404 g/mol. The van der Waals surface area contributed by atoms with Gasteiger partial charge in [-0.2, -0.15) is 0 Å². The summed E-state index contributed by atoms with van der Waals surface area (Å²) < 4.78 is 12.4. The average molecular weight is 405 g/mol. The minimum atomic E-state index is -0.0598. The van der Waals surface area contributed by atoms with Crippen molar-refractivity contribution in [1.82, 2.24) is 0 Å². The van der Waals surface area contributed by atoms with Gasteiger partial charge in [-0.15, -0.1) is 0 Å². The highest BCUT2D eigenvalue weighted by Gasteiger charge is 2.13. The molecular formula is C27H48O2. The molecule has 1 rings (SSSR count). The van der Waals surface area contributed by atoms with Crippen molar-refractivity contribution in [2.24, 2.45) is 5.92 Å². The maximum absolute atomic E-state index is 6.26. The summed E-state index contributed by atoms with van der Waals surface area (Å²) in [5, 5.41) is 0. The molecule has 168 valence electrons. The maximum Gasteiger partial charge on any atom is 0.158 e. The third-order valence-electron chi connectivity index (χ3n) is 5.88. The molecule has 0 aliphatic carbocycles. The maximum atomic E-state index is 6.26. The summed E-state index contributed by atoms with van der Waals surface area (Å²) in [6.07, 6.45) is 18.2. The van der Waals surface area contributed by atoms with E-state index in [0.29, 0.717) is 12.5 Å². The third kappa shape index (κ3) is 14.7. The second-order valence-electron chi connectivity index (χ2n) is 8.59. The Hall–Kier alpha value is -0.860. The number of hydrogen-bond donors (Lipinski definition) is 0. The lowest BCUT2D eigenvalue weighted by Gasteiger charge is -2.22. The molecule has 0 spiro atoms. The fraction of sp³-hybridized carbons (Fsp3) is 0.778. The molecule has 0 aliphatic heterocycles. The molecule has 1 aromatic carbocycles. The molecule has 2 nitrogen and oxygen atoms in total. The van der Waals surface area contributed by atoms with Crippen molar-refractivity contribution in [3.63, 3.8) is 0 Å². The van der Waals surface area contributed by atoms with Crippen LogP contribution in [-0.4, -0.2) is 12.9 Å². The highest BCUT2D eigenvalue weighted by atomic mass is 16.7. The first-order valence-electron chi connectivity index (χ1n) is 12.6. The van der Waals surface area contributed by atoms with Crippen LogP contribution in [0.5, 0.6) is 0 Å². The Morgan fingerprint density at radius 3 is 1.90 bits per heavy atom. The zero-order valence-electron chi connectivity index (χ0n) is 19.7. The standard InChI is InChI=1S/C27H48O2/c1-4-7-9-10-11-12-13-14-18-22-27(28-23-25(6-3)19-8-5-2)29-24-26-20-16-15-17-21-26/h15-17,20-21,25,27H,4-14,18-19,22-24H2,1-3H3. The molecule has 0 saturated heterocycles. The molecule has 29 heavy (non-hydrogen) atoms. The fourth-order valence-corrected chi connectivity index (χ4v) is 3.74. The lowest BCUT2D eigenvalue weighted by Crippen LogP contribution is -2.21. The number of hydrogen-bond acceptors (Lipinski definition) is 2. The van der Waals surface area contributed by atoms with Gasteiger partial charge in [-0.25, -0.2) is 0 Å². The van der Waals surface area contributed by atoms with E-state index in [0.717, 1.165) is 13.0 Å². The van der Waals surface area contributed by atoms with Gasteiger partial charge in [-0.3, -0.25) is 0 Å². The molecule has 0 amide bonds. The molecule has 2 atom stereocenters. The number of rotatable bonds is 20. The van der Waals surface area contributed by atoms with Gasteiger partial charge in [0.25, 0.3) is 0 Å². The molecule has 0 fully saturated rings. The van der Waals surface area contributed by atoms with Gasteiger partial charge in [-0.05, 0) is 30.7 Å². The van der Waals surface area contributed by atoms with Crippen LogP contribution in [0.1, 0.15) is 116 Å². The molecule has 0 N–H and O–H groups in total. The molecule has 2 heteroatoms. The molecular weight excluding hydrogens is 356 g/mol. The van der Waals surface area contributed by atoms with Crippen LogP contribution in [0.3, 0.4) is 0 Å². The van der Waals surface area contributed by atoms with E-state index in [1.54, 1.807) is 0 Å². The first-order valence-corrected chi connectivity index (χ1v) is 12.6. The Morgan fingerprint density at radius 1 is 0.655 bits per heavy atom. The van der Waals surface area contributed by atoms with Crippen LogP contribution in [0, 0.1) is 5.92 Å². The van der Waals surface area contributed by atoms with Crippen LogP contribution in [-0.2, 0) is 16.1 Å². The van der Waals surface area contributed by atoms with Gasteiger partial charge in [0, 0.05) is 0 Å². The van der Waals surface area contributed by atoms with E-state index in [1.165, 1.54) is 89.0 Å². The van der Waals surface area contributed by atoms with Crippen molar-refractivity contribution in [2.45, 2.75) is 124 Å². The summed E-state index contributed by atoms with van der Waals surface area (Å²) in [5.41, 5.74) is 1.23. The van der Waals surface area contributed by atoms with Crippen molar-refractivity contribution in [3.8, 4) is 0 Å². The third-order valence-corrected chi connectivity index (χ3v) is 5.88. The summed E-state index contributed by atoms with van der Waals surface area (Å²) in [7, 11) is 0. The summed E-state index contributed by atoms with van der Waals surface area (Å²) in [6, 6.07) is 10.5. The van der Waals surface area contributed by atoms with Gasteiger partial charge in [0.15, 0.2) is 6.29 Å². The Balaban J connectivity index is 2.29. The molecule has 0 aliphatic rings. The lowest BCUT2D eigenvalue weighted by atomic mass is 10.0. The minimum absolute atomic E-state index is 0.0598. The van der Waals surface area contributed by atoms with E-state index >= 15 is 0 Å². The summed E-state index contributed by atoms with van der Waals surface area (Å²) in [6.45, 7) is 8.32. The van der Waals surface area contributed by atoms with Crippen LogP contribution in [0.25, 0.3) is 0 Å². The van der Waals surface area contributed by atoms with E-state index < -0.39 is 0 Å². The second-order valence-corrected chi connectivity index (χ2v) is 8.59. The van der Waals surface area contributed by atoms with E-state index in [1.807, 2.05) is 0 Å². The highest BCUT2D eigenvalue weighted by Crippen LogP contribution is 2.18. The Labute approximate surface area is 181 Å². The van der Waals surface area contributed by atoms with E-state index in [4.69, 9.17) is 9.47 Å². The summed E-state index contributed by atoms with van der Waals surface area (Å²) in [5.74, 6) is 0.667. The van der Waals surface area contributed by atoms with Gasteiger partial charge in [0.1, 0.15) is 0 Å². The zero-order chi connectivity index (χ0) is 21.0. The van der Waals surface area contributed by atoms with Crippen LogP contribution in [0.15, 0.2) is 30.3 Å². The first kappa shape index (κ1) is 26.2. The molecule has 0 aromatic heterocycles. The van der Waals surface area contributed by atoms with E-state index in [2.05, 4.69) is 51.1 Å². The summed E-state index contributed by atoms with van der Waals surface area (Å²) >= 11 is 0. The molecule has 0 radical (unpaired) electrons. The summed E-state index contributed by atoms with van der Waals surface area (Å²) in [4.78, 5) is 0. The van der Waals surface area contributed by atoms with Gasteiger partial charge in [0.05, 0.1) is 13.2 Å².